The highest BCUT2D eigenvalue weighted by molar-refractivity contribution is 5.99. The summed E-state index contributed by atoms with van der Waals surface area (Å²) in [5, 5.41) is 5.81. The highest BCUT2D eigenvalue weighted by Gasteiger charge is 2.11. The van der Waals surface area contributed by atoms with Gasteiger partial charge in [0.2, 0.25) is 0 Å². The van der Waals surface area contributed by atoms with E-state index in [9.17, 15) is 9.59 Å². The third-order valence-electron chi connectivity index (χ3n) is 3.20. The van der Waals surface area contributed by atoms with E-state index in [4.69, 9.17) is 4.74 Å². The number of nitrogens with one attached hydrogen (secondary N) is 2. The number of amides is 1. The van der Waals surface area contributed by atoms with Gasteiger partial charge in [-0.2, -0.15) is 0 Å². The molecule has 0 spiro atoms. The molecule has 1 amide bonds. The Bertz CT molecular complexity index is 656. The molecule has 0 saturated carbocycles. The Morgan fingerprint density at radius 1 is 1.00 bits per heavy atom. The number of carbonyl (C=O) groups excluding carboxylic acids is 2. The third-order valence-corrected chi connectivity index (χ3v) is 3.20. The van der Waals surface area contributed by atoms with Gasteiger partial charge in [0, 0.05) is 12.2 Å². The van der Waals surface area contributed by atoms with Gasteiger partial charge in [0.05, 0.1) is 12.2 Å². The molecule has 2 rings (SSSR count). The summed E-state index contributed by atoms with van der Waals surface area (Å²) >= 11 is 0. The Balaban J connectivity index is 1.98. The van der Waals surface area contributed by atoms with Gasteiger partial charge < -0.3 is 15.4 Å². The number of carbonyl (C=O) groups is 2. The average molecular weight is 312 g/mol. The van der Waals surface area contributed by atoms with E-state index in [2.05, 4.69) is 10.6 Å². The molecule has 0 bridgehead atoms. The average Bonchev–Trinajstić information content (AvgIpc) is 2.59. The first-order valence-electron chi connectivity index (χ1n) is 7.51. The quantitative estimate of drug-likeness (QED) is 0.771. The van der Waals surface area contributed by atoms with Crippen LogP contribution in [0.2, 0.25) is 0 Å². The molecule has 0 radical (unpaired) electrons. The summed E-state index contributed by atoms with van der Waals surface area (Å²) in [7, 11) is 0. The maximum atomic E-state index is 12.3. The normalized spacial score (nSPS) is 9.96. The second-order valence-corrected chi connectivity index (χ2v) is 4.87. The molecule has 2 aromatic rings. The van der Waals surface area contributed by atoms with Crippen LogP contribution in [-0.4, -0.2) is 25.0 Å². The summed E-state index contributed by atoms with van der Waals surface area (Å²) in [6.07, 6.45) is 0. The molecule has 120 valence electrons. The topological polar surface area (TPSA) is 67.4 Å². The molecule has 0 aromatic heterocycles. The van der Waals surface area contributed by atoms with Crippen LogP contribution in [0.5, 0.6) is 0 Å². The van der Waals surface area contributed by atoms with Crippen molar-refractivity contribution >= 4 is 17.6 Å². The number of benzene rings is 2. The van der Waals surface area contributed by atoms with E-state index in [1.165, 1.54) is 0 Å². The van der Waals surface area contributed by atoms with Crippen molar-refractivity contribution in [2.45, 2.75) is 13.5 Å². The van der Waals surface area contributed by atoms with E-state index in [-0.39, 0.29) is 18.4 Å². The summed E-state index contributed by atoms with van der Waals surface area (Å²) in [5.41, 5.74) is 2.12. The summed E-state index contributed by atoms with van der Waals surface area (Å²) in [4.78, 5) is 23.8. The smallest absolute Gasteiger partial charge is 0.325 e. The first-order chi connectivity index (χ1) is 11.2. The summed E-state index contributed by atoms with van der Waals surface area (Å²) in [6.45, 7) is 2.56. The van der Waals surface area contributed by atoms with Crippen LogP contribution in [0.1, 0.15) is 22.8 Å². The van der Waals surface area contributed by atoms with Crippen molar-refractivity contribution in [3.63, 3.8) is 0 Å². The van der Waals surface area contributed by atoms with Crippen molar-refractivity contribution in [1.29, 1.82) is 0 Å². The van der Waals surface area contributed by atoms with Crippen LogP contribution in [0.15, 0.2) is 54.6 Å². The number of rotatable bonds is 7. The van der Waals surface area contributed by atoms with Crippen LogP contribution in [-0.2, 0) is 16.1 Å². The Kier molecular flexibility index (Phi) is 6.17. The zero-order valence-electron chi connectivity index (χ0n) is 13.0. The second kappa shape index (κ2) is 8.58. The summed E-state index contributed by atoms with van der Waals surface area (Å²) in [6, 6.07) is 16.8. The first kappa shape index (κ1) is 16.5. The first-order valence-corrected chi connectivity index (χ1v) is 7.51. The maximum Gasteiger partial charge on any atom is 0.325 e. The van der Waals surface area contributed by atoms with E-state index in [0.717, 1.165) is 5.56 Å². The van der Waals surface area contributed by atoms with Crippen LogP contribution < -0.4 is 10.6 Å². The number of ether oxygens (including phenoxy) is 1. The number of anilines is 1. The summed E-state index contributed by atoms with van der Waals surface area (Å²) in [5.74, 6) is -0.548. The van der Waals surface area contributed by atoms with Gasteiger partial charge >= 0.3 is 5.97 Å². The van der Waals surface area contributed by atoms with Crippen molar-refractivity contribution < 1.29 is 14.3 Å². The molecule has 2 aromatic carbocycles. The lowest BCUT2D eigenvalue weighted by atomic mass is 10.1. The Morgan fingerprint density at radius 3 is 2.43 bits per heavy atom. The minimum Gasteiger partial charge on any atom is -0.465 e. The van der Waals surface area contributed by atoms with Gasteiger partial charge in [-0.15, -0.1) is 0 Å². The zero-order chi connectivity index (χ0) is 16.5. The van der Waals surface area contributed by atoms with Gasteiger partial charge in [-0.3, -0.25) is 9.59 Å². The maximum absolute atomic E-state index is 12.3. The van der Waals surface area contributed by atoms with Crippen LogP contribution in [0.3, 0.4) is 0 Å². The molecule has 0 heterocycles. The number of para-hydroxylation sites is 1. The molecule has 0 atom stereocenters. The molecule has 0 aliphatic heterocycles. The molecule has 5 heteroatoms. The van der Waals surface area contributed by atoms with Gasteiger partial charge in [-0.1, -0.05) is 42.5 Å². The summed E-state index contributed by atoms with van der Waals surface area (Å²) < 4.78 is 4.87. The fourth-order valence-electron chi connectivity index (χ4n) is 2.09. The molecule has 0 aliphatic carbocycles. The predicted molar refractivity (Wildman–Crippen MR) is 89.2 cm³/mol. The van der Waals surface area contributed by atoms with Crippen molar-refractivity contribution in [3.8, 4) is 0 Å². The van der Waals surface area contributed by atoms with Crippen LogP contribution >= 0.6 is 0 Å². The molecule has 0 unspecified atom stereocenters. The van der Waals surface area contributed by atoms with Gasteiger partial charge in [0.25, 0.3) is 5.91 Å². The zero-order valence-corrected chi connectivity index (χ0v) is 13.0. The van der Waals surface area contributed by atoms with Gasteiger partial charge in [-0.25, -0.2) is 0 Å². The van der Waals surface area contributed by atoms with E-state index in [0.29, 0.717) is 24.4 Å². The van der Waals surface area contributed by atoms with Crippen LogP contribution in [0.25, 0.3) is 0 Å². The van der Waals surface area contributed by atoms with Gasteiger partial charge in [0.15, 0.2) is 0 Å². The van der Waals surface area contributed by atoms with E-state index >= 15 is 0 Å². The Hall–Kier alpha value is -2.82. The van der Waals surface area contributed by atoms with Crippen molar-refractivity contribution in [2.24, 2.45) is 0 Å². The molecule has 0 aliphatic rings. The molecular formula is C18H20N2O3. The fraction of sp³-hybridized carbons (Fsp3) is 0.222. The second-order valence-electron chi connectivity index (χ2n) is 4.87. The van der Waals surface area contributed by atoms with E-state index in [1.807, 2.05) is 36.4 Å². The monoisotopic (exact) mass is 312 g/mol. The lowest BCUT2D eigenvalue weighted by Gasteiger charge is -2.12. The minimum atomic E-state index is -0.355. The number of hydrogen-bond donors (Lipinski definition) is 2. The molecule has 0 saturated heterocycles. The van der Waals surface area contributed by atoms with Gasteiger partial charge in [0.1, 0.15) is 6.54 Å². The van der Waals surface area contributed by atoms with E-state index in [1.54, 1.807) is 25.1 Å². The SMILES string of the molecule is CCOC(=O)CNc1ccccc1C(=O)NCc1ccccc1. The number of esters is 1. The number of hydrogen-bond acceptors (Lipinski definition) is 4. The fourth-order valence-corrected chi connectivity index (χ4v) is 2.09. The Labute approximate surface area is 135 Å². The molecular weight excluding hydrogens is 292 g/mol. The lowest BCUT2D eigenvalue weighted by molar-refractivity contribution is -0.140. The highest BCUT2D eigenvalue weighted by atomic mass is 16.5. The molecule has 23 heavy (non-hydrogen) atoms. The molecule has 5 nitrogen and oxygen atoms in total. The van der Waals surface area contributed by atoms with E-state index < -0.39 is 0 Å². The molecule has 2 N–H and O–H groups in total. The van der Waals surface area contributed by atoms with Crippen molar-refractivity contribution in [1.82, 2.24) is 5.32 Å². The standard InChI is InChI=1S/C18H20N2O3/c1-2-23-17(21)13-19-16-11-7-6-10-15(16)18(22)20-12-14-8-4-3-5-9-14/h3-11,19H,2,12-13H2,1H3,(H,20,22). The minimum absolute atomic E-state index is 0.0246. The largest absolute Gasteiger partial charge is 0.465 e. The van der Waals surface area contributed by atoms with Crippen LogP contribution in [0.4, 0.5) is 5.69 Å². The third kappa shape index (κ3) is 5.14. The van der Waals surface area contributed by atoms with Crippen molar-refractivity contribution in [3.05, 3.63) is 65.7 Å². The molecule has 0 fully saturated rings. The highest BCUT2D eigenvalue weighted by Crippen LogP contribution is 2.15. The van der Waals surface area contributed by atoms with Crippen molar-refractivity contribution in [2.75, 3.05) is 18.5 Å². The van der Waals surface area contributed by atoms with Crippen LogP contribution in [0, 0.1) is 0 Å². The lowest BCUT2D eigenvalue weighted by Crippen LogP contribution is -2.25. The van der Waals surface area contributed by atoms with Gasteiger partial charge in [-0.05, 0) is 24.6 Å². The predicted octanol–water partition coefficient (Wildman–Crippen LogP) is 2.59. The Morgan fingerprint density at radius 2 is 1.70 bits per heavy atom.